The quantitative estimate of drug-likeness (QED) is 0.597. The third-order valence-corrected chi connectivity index (χ3v) is 6.08. The van der Waals surface area contributed by atoms with E-state index < -0.39 is 0 Å². The van der Waals surface area contributed by atoms with Gasteiger partial charge in [0.05, 0.1) is 15.7 Å². The molecule has 2 aromatic rings. The number of hydrogen-bond donors (Lipinski definition) is 2. The number of amides is 2. The molecule has 5 nitrogen and oxygen atoms in total. The van der Waals surface area contributed by atoms with Crippen molar-refractivity contribution < 1.29 is 9.59 Å². The molecule has 0 fully saturated rings. The largest absolute Gasteiger partial charge is 0.369 e. The predicted molar refractivity (Wildman–Crippen MR) is 105 cm³/mol. The Morgan fingerprint density at radius 3 is 2.56 bits per heavy atom. The minimum atomic E-state index is -0.380. The van der Waals surface area contributed by atoms with E-state index >= 15 is 0 Å². The zero-order valence-corrected chi connectivity index (χ0v) is 16.3. The number of nitrogens with two attached hydrogens (primary N) is 1. The monoisotopic (exact) mass is 375 g/mol. The molecule has 0 bridgehead atoms. The molecule has 0 unspecified atom stereocenters. The lowest BCUT2D eigenvalue weighted by molar-refractivity contribution is -0.115. The number of benzene rings is 1. The lowest BCUT2D eigenvalue weighted by Crippen LogP contribution is -2.12. The molecule has 0 spiro atoms. The van der Waals surface area contributed by atoms with Crippen LogP contribution in [-0.4, -0.2) is 22.6 Å². The standard InChI is InChI=1S/C18H21N3O2S2/c1-10-7-12(3)14(8-11(10)2)5-6-16(23)21-18-20-13(4)17(25-18)24-9-15(19)22/h5-8H,9H2,1-4H3,(H2,19,22)(H,20,21,23). The van der Waals surface area contributed by atoms with E-state index in [9.17, 15) is 9.59 Å². The van der Waals surface area contributed by atoms with Crippen molar-refractivity contribution in [3.05, 3.63) is 46.2 Å². The third-order valence-electron chi connectivity index (χ3n) is 3.63. The number of thioether (sulfide) groups is 1. The molecule has 0 radical (unpaired) electrons. The van der Waals surface area contributed by atoms with Crippen LogP contribution in [0.5, 0.6) is 0 Å². The Morgan fingerprint density at radius 1 is 1.20 bits per heavy atom. The molecule has 2 amide bonds. The molecule has 0 saturated carbocycles. The third kappa shape index (κ3) is 5.44. The summed E-state index contributed by atoms with van der Waals surface area (Å²) in [5.74, 6) is -0.421. The first-order chi connectivity index (χ1) is 11.8. The fourth-order valence-electron chi connectivity index (χ4n) is 2.18. The van der Waals surface area contributed by atoms with Crippen LogP contribution in [-0.2, 0) is 9.59 Å². The molecular formula is C18H21N3O2S2. The molecule has 0 aliphatic rings. The summed E-state index contributed by atoms with van der Waals surface area (Å²) in [6.07, 6.45) is 3.31. The van der Waals surface area contributed by atoms with Gasteiger partial charge in [-0.15, -0.1) is 11.8 Å². The minimum Gasteiger partial charge on any atom is -0.369 e. The van der Waals surface area contributed by atoms with Gasteiger partial charge in [0.2, 0.25) is 11.8 Å². The number of anilines is 1. The van der Waals surface area contributed by atoms with E-state index in [4.69, 9.17) is 5.73 Å². The molecule has 7 heteroatoms. The van der Waals surface area contributed by atoms with Crippen LogP contribution in [0.1, 0.15) is 27.9 Å². The van der Waals surface area contributed by atoms with Gasteiger partial charge in [-0.25, -0.2) is 4.98 Å². The van der Waals surface area contributed by atoms with Crippen molar-refractivity contribution in [1.82, 2.24) is 4.98 Å². The first-order valence-electron chi connectivity index (χ1n) is 7.71. The summed E-state index contributed by atoms with van der Waals surface area (Å²) in [4.78, 5) is 27.3. The lowest BCUT2D eigenvalue weighted by Gasteiger charge is -2.06. The zero-order chi connectivity index (χ0) is 18.6. The molecule has 0 saturated heterocycles. The molecule has 25 heavy (non-hydrogen) atoms. The van der Waals surface area contributed by atoms with Crippen molar-refractivity contribution in [2.45, 2.75) is 31.9 Å². The first-order valence-corrected chi connectivity index (χ1v) is 9.52. The maximum Gasteiger partial charge on any atom is 0.250 e. The zero-order valence-electron chi connectivity index (χ0n) is 14.7. The van der Waals surface area contributed by atoms with Crippen molar-refractivity contribution in [3.63, 3.8) is 0 Å². The molecule has 0 atom stereocenters. The number of aryl methyl sites for hydroxylation is 4. The molecule has 132 valence electrons. The molecule has 0 aliphatic heterocycles. The maximum absolute atomic E-state index is 12.1. The number of primary amides is 1. The van der Waals surface area contributed by atoms with Crippen molar-refractivity contribution >= 4 is 46.1 Å². The van der Waals surface area contributed by atoms with Gasteiger partial charge in [0.15, 0.2) is 5.13 Å². The Kier molecular flexibility index (Phi) is 6.39. The summed E-state index contributed by atoms with van der Waals surface area (Å²) in [5.41, 5.74) is 10.5. The number of carbonyl (C=O) groups is 2. The van der Waals surface area contributed by atoms with Crippen LogP contribution in [0.2, 0.25) is 0 Å². The second kappa shape index (κ2) is 8.31. The second-order valence-electron chi connectivity index (χ2n) is 5.76. The predicted octanol–water partition coefficient (Wildman–Crippen LogP) is 3.61. The van der Waals surface area contributed by atoms with Crippen molar-refractivity contribution in [2.75, 3.05) is 11.1 Å². The van der Waals surface area contributed by atoms with Gasteiger partial charge in [0.1, 0.15) is 0 Å². The Bertz CT molecular complexity index is 841. The number of thiazole rings is 1. The highest BCUT2D eigenvalue weighted by Crippen LogP contribution is 2.31. The number of aromatic nitrogens is 1. The van der Waals surface area contributed by atoms with Crippen LogP contribution in [0.4, 0.5) is 5.13 Å². The van der Waals surface area contributed by atoms with E-state index in [0.29, 0.717) is 5.13 Å². The van der Waals surface area contributed by atoms with E-state index in [0.717, 1.165) is 21.0 Å². The van der Waals surface area contributed by atoms with Crippen LogP contribution in [0, 0.1) is 27.7 Å². The number of carbonyl (C=O) groups excluding carboxylic acids is 2. The summed E-state index contributed by atoms with van der Waals surface area (Å²) in [7, 11) is 0. The summed E-state index contributed by atoms with van der Waals surface area (Å²) < 4.78 is 0.878. The van der Waals surface area contributed by atoms with E-state index in [2.05, 4.69) is 36.3 Å². The number of hydrogen-bond acceptors (Lipinski definition) is 5. The smallest absolute Gasteiger partial charge is 0.250 e. The number of nitrogens with zero attached hydrogens (tertiary/aromatic N) is 1. The molecule has 2 rings (SSSR count). The highest BCUT2D eigenvalue weighted by Gasteiger charge is 2.11. The van der Waals surface area contributed by atoms with Crippen LogP contribution in [0.15, 0.2) is 22.4 Å². The SMILES string of the molecule is Cc1cc(C)c(C=CC(=O)Nc2nc(C)c(SCC(N)=O)s2)cc1C. The molecule has 1 heterocycles. The Labute approximate surface area is 155 Å². The summed E-state index contributed by atoms with van der Waals surface area (Å²) in [6, 6.07) is 4.18. The molecule has 3 N–H and O–H groups in total. The van der Waals surface area contributed by atoms with Crippen molar-refractivity contribution in [1.29, 1.82) is 0 Å². The summed E-state index contributed by atoms with van der Waals surface area (Å²) >= 11 is 2.67. The van der Waals surface area contributed by atoms with Gasteiger partial charge in [-0.2, -0.15) is 0 Å². The van der Waals surface area contributed by atoms with Gasteiger partial charge in [-0.3, -0.25) is 14.9 Å². The van der Waals surface area contributed by atoms with E-state index in [1.165, 1.54) is 40.3 Å². The van der Waals surface area contributed by atoms with Crippen molar-refractivity contribution in [3.8, 4) is 0 Å². The summed E-state index contributed by atoms with van der Waals surface area (Å²) in [5, 5.41) is 3.27. The van der Waals surface area contributed by atoms with E-state index in [1.54, 1.807) is 6.08 Å². The van der Waals surface area contributed by atoms with Crippen LogP contribution < -0.4 is 11.1 Å². The summed E-state index contributed by atoms with van der Waals surface area (Å²) in [6.45, 7) is 7.98. The molecule has 1 aromatic heterocycles. The van der Waals surface area contributed by atoms with Gasteiger partial charge >= 0.3 is 0 Å². The van der Waals surface area contributed by atoms with Gasteiger partial charge in [0.25, 0.3) is 0 Å². The first kappa shape index (κ1) is 19.2. The van der Waals surface area contributed by atoms with Crippen LogP contribution in [0.25, 0.3) is 6.08 Å². The normalized spacial score (nSPS) is 11.0. The van der Waals surface area contributed by atoms with Crippen LogP contribution >= 0.6 is 23.1 Å². The number of rotatable bonds is 6. The molecule has 1 aromatic carbocycles. The molecule has 0 aliphatic carbocycles. The van der Waals surface area contributed by atoms with Gasteiger partial charge < -0.3 is 5.73 Å². The number of nitrogens with one attached hydrogen (secondary N) is 1. The molecular weight excluding hydrogens is 354 g/mol. The fraction of sp³-hybridized carbons (Fsp3) is 0.278. The topological polar surface area (TPSA) is 85.1 Å². The second-order valence-corrected chi connectivity index (χ2v) is 8.01. The van der Waals surface area contributed by atoms with E-state index in [1.807, 2.05) is 13.8 Å². The average molecular weight is 376 g/mol. The maximum atomic E-state index is 12.1. The lowest BCUT2D eigenvalue weighted by atomic mass is 10.0. The Balaban J connectivity index is 2.04. The van der Waals surface area contributed by atoms with Crippen molar-refractivity contribution in [2.24, 2.45) is 5.73 Å². The van der Waals surface area contributed by atoms with Gasteiger partial charge in [0, 0.05) is 6.08 Å². The Hall–Kier alpha value is -2.12. The average Bonchev–Trinajstić information content (AvgIpc) is 2.87. The highest BCUT2D eigenvalue weighted by molar-refractivity contribution is 8.01. The fourth-order valence-corrected chi connectivity index (χ4v) is 4.06. The van der Waals surface area contributed by atoms with E-state index in [-0.39, 0.29) is 17.6 Å². The Morgan fingerprint density at radius 2 is 1.88 bits per heavy atom. The highest BCUT2D eigenvalue weighted by atomic mass is 32.2. The van der Waals surface area contributed by atoms with Gasteiger partial charge in [-0.1, -0.05) is 23.5 Å². The minimum absolute atomic E-state index is 0.197. The van der Waals surface area contributed by atoms with Crippen LogP contribution in [0.3, 0.4) is 0 Å². The van der Waals surface area contributed by atoms with Gasteiger partial charge in [-0.05, 0) is 56.0 Å².